The SMILES string of the molecule is Cc1c(NC(=O)c2ncn[nH]2)cccc1-c1nc2ccccc2o1. The maximum absolute atomic E-state index is 12.1. The van der Waals surface area contributed by atoms with Crippen LogP contribution in [0.15, 0.2) is 53.2 Å². The van der Waals surface area contributed by atoms with Crippen LogP contribution in [0.2, 0.25) is 0 Å². The molecule has 4 aromatic rings. The van der Waals surface area contributed by atoms with Crippen LogP contribution in [0.25, 0.3) is 22.6 Å². The van der Waals surface area contributed by atoms with Crippen LogP contribution in [-0.4, -0.2) is 26.1 Å². The predicted octanol–water partition coefficient (Wildman–Crippen LogP) is 3.17. The number of hydrogen-bond donors (Lipinski definition) is 2. The number of benzene rings is 2. The van der Waals surface area contributed by atoms with Crippen molar-refractivity contribution in [1.82, 2.24) is 20.2 Å². The lowest BCUT2D eigenvalue weighted by Gasteiger charge is -2.09. The van der Waals surface area contributed by atoms with Gasteiger partial charge < -0.3 is 9.73 Å². The molecule has 2 aromatic carbocycles. The summed E-state index contributed by atoms with van der Waals surface area (Å²) >= 11 is 0. The first-order valence-corrected chi connectivity index (χ1v) is 7.34. The van der Waals surface area contributed by atoms with E-state index in [1.807, 2.05) is 49.4 Å². The molecular weight excluding hydrogens is 306 g/mol. The molecule has 24 heavy (non-hydrogen) atoms. The van der Waals surface area contributed by atoms with Crippen molar-refractivity contribution in [2.45, 2.75) is 6.92 Å². The van der Waals surface area contributed by atoms with Gasteiger partial charge in [0.1, 0.15) is 11.8 Å². The lowest BCUT2D eigenvalue weighted by atomic mass is 10.1. The lowest BCUT2D eigenvalue weighted by molar-refractivity contribution is 0.101. The number of hydrogen-bond acceptors (Lipinski definition) is 5. The molecule has 7 nitrogen and oxygen atoms in total. The van der Waals surface area contributed by atoms with Crippen LogP contribution < -0.4 is 5.32 Å². The summed E-state index contributed by atoms with van der Waals surface area (Å²) in [6, 6.07) is 13.1. The van der Waals surface area contributed by atoms with Crippen LogP contribution >= 0.6 is 0 Å². The van der Waals surface area contributed by atoms with Crippen molar-refractivity contribution in [3.63, 3.8) is 0 Å². The van der Waals surface area contributed by atoms with E-state index in [-0.39, 0.29) is 11.7 Å². The van der Waals surface area contributed by atoms with Crippen LogP contribution in [0.4, 0.5) is 5.69 Å². The Hall–Kier alpha value is -3.48. The topological polar surface area (TPSA) is 96.7 Å². The van der Waals surface area contributed by atoms with Crippen molar-refractivity contribution < 1.29 is 9.21 Å². The first kappa shape index (κ1) is 14.1. The van der Waals surface area contributed by atoms with Gasteiger partial charge in [-0.25, -0.2) is 9.97 Å². The first-order chi connectivity index (χ1) is 11.7. The molecule has 0 fully saturated rings. The molecule has 0 saturated heterocycles. The van der Waals surface area contributed by atoms with E-state index >= 15 is 0 Å². The molecule has 0 radical (unpaired) electrons. The molecule has 2 heterocycles. The van der Waals surface area contributed by atoms with Gasteiger partial charge in [-0.3, -0.25) is 9.89 Å². The van der Waals surface area contributed by atoms with Gasteiger partial charge in [0, 0.05) is 11.3 Å². The largest absolute Gasteiger partial charge is 0.436 e. The molecule has 0 aliphatic carbocycles. The molecule has 0 aliphatic heterocycles. The average molecular weight is 319 g/mol. The molecule has 1 amide bonds. The minimum Gasteiger partial charge on any atom is -0.436 e. The summed E-state index contributed by atoms with van der Waals surface area (Å²) in [5.74, 6) is 0.316. The Bertz CT molecular complexity index is 988. The summed E-state index contributed by atoms with van der Waals surface area (Å²) in [6.07, 6.45) is 1.29. The number of para-hydroxylation sites is 2. The number of fused-ring (bicyclic) bond motifs is 1. The van der Waals surface area contributed by atoms with Crippen LogP contribution in [0.3, 0.4) is 0 Å². The van der Waals surface area contributed by atoms with E-state index in [1.54, 1.807) is 0 Å². The molecule has 0 aliphatic rings. The number of carbonyl (C=O) groups excluding carboxylic acids is 1. The highest BCUT2D eigenvalue weighted by Gasteiger charge is 2.15. The smallest absolute Gasteiger partial charge is 0.292 e. The Morgan fingerprint density at radius 2 is 2.04 bits per heavy atom. The molecular formula is C17H13N5O2. The molecule has 0 atom stereocenters. The quantitative estimate of drug-likeness (QED) is 0.604. The van der Waals surface area contributed by atoms with Crippen LogP contribution in [0.1, 0.15) is 16.2 Å². The fraction of sp³-hybridized carbons (Fsp3) is 0.0588. The standard InChI is InChI=1S/C17H13N5O2/c1-10-11(17-21-13-6-2-3-8-14(13)24-17)5-4-7-12(10)20-16(23)15-18-9-19-22-15/h2-9H,1H3,(H,20,23)(H,18,19,22). The van der Waals surface area contributed by atoms with E-state index in [0.29, 0.717) is 11.6 Å². The second-order valence-electron chi connectivity index (χ2n) is 5.25. The molecule has 0 saturated carbocycles. The average Bonchev–Trinajstić information content (AvgIpc) is 3.26. The fourth-order valence-electron chi connectivity index (χ4n) is 2.49. The number of oxazole rings is 1. The van der Waals surface area contributed by atoms with Crippen molar-refractivity contribution in [3.05, 3.63) is 60.2 Å². The third kappa shape index (κ3) is 2.41. The number of nitrogens with zero attached hydrogens (tertiary/aromatic N) is 3. The highest BCUT2D eigenvalue weighted by atomic mass is 16.3. The van der Waals surface area contributed by atoms with Gasteiger partial charge in [-0.2, -0.15) is 5.10 Å². The van der Waals surface area contributed by atoms with Gasteiger partial charge in [0.05, 0.1) is 0 Å². The molecule has 118 valence electrons. The molecule has 2 N–H and O–H groups in total. The van der Waals surface area contributed by atoms with E-state index in [0.717, 1.165) is 22.2 Å². The van der Waals surface area contributed by atoms with Gasteiger partial charge in [-0.05, 0) is 36.8 Å². The molecule has 0 bridgehead atoms. The fourth-order valence-corrected chi connectivity index (χ4v) is 2.49. The Morgan fingerprint density at radius 1 is 1.17 bits per heavy atom. The first-order valence-electron chi connectivity index (χ1n) is 7.34. The summed E-state index contributed by atoms with van der Waals surface area (Å²) in [4.78, 5) is 20.5. The predicted molar refractivity (Wildman–Crippen MR) is 88.5 cm³/mol. The monoisotopic (exact) mass is 319 g/mol. The lowest BCUT2D eigenvalue weighted by Crippen LogP contribution is -2.14. The number of H-pyrrole nitrogens is 1. The minimum absolute atomic E-state index is 0.154. The second-order valence-corrected chi connectivity index (χ2v) is 5.25. The summed E-state index contributed by atoms with van der Waals surface area (Å²) in [7, 11) is 0. The van der Waals surface area contributed by atoms with E-state index in [4.69, 9.17) is 4.42 Å². The van der Waals surface area contributed by atoms with Crippen molar-refractivity contribution in [3.8, 4) is 11.5 Å². The molecule has 0 unspecified atom stereocenters. The zero-order chi connectivity index (χ0) is 16.5. The zero-order valence-electron chi connectivity index (χ0n) is 12.8. The number of nitrogens with one attached hydrogen (secondary N) is 2. The van der Waals surface area contributed by atoms with Gasteiger partial charge in [-0.15, -0.1) is 0 Å². The van der Waals surface area contributed by atoms with Crippen molar-refractivity contribution in [2.75, 3.05) is 5.32 Å². The Balaban J connectivity index is 1.71. The van der Waals surface area contributed by atoms with Gasteiger partial charge in [0.25, 0.3) is 5.91 Å². The number of anilines is 1. The van der Waals surface area contributed by atoms with Crippen LogP contribution in [0.5, 0.6) is 0 Å². The van der Waals surface area contributed by atoms with Crippen molar-refractivity contribution >= 4 is 22.7 Å². The van der Waals surface area contributed by atoms with E-state index in [2.05, 4.69) is 25.5 Å². The van der Waals surface area contributed by atoms with E-state index < -0.39 is 0 Å². The van der Waals surface area contributed by atoms with Gasteiger partial charge in [0.2, 0.25) is 11.7 Å². The highest BCUT2D eigenvalue weighted by Crippen LogP contribution is 2.30. The number of rotatable bonds is 3. The van der Waals surface area contributed by atoms with E-state index in [1.165, 1.54) is 6.33 Å². The summed E-state index contributed by atoms with van der Waals surface area (Å²) < 4.78 is 5.81. The van der Waals surface area contributed by atoms with Crippen molar-refractivity contribution in [1.29, 1.82) is 0 Å². The summed E-state index contributed by atoms with van der Waals surface area (Å²) in [5, 5.41) is 9.03. The number of amides is 1. The highest BCUT2D eigenvalue weighted by molar-refractivity contribution is 6.02. The number of carbonyl (C=O) groups is 1. The number of aromatic nitrogens is 4. The van der Waals surface area contributed by atoms with Gasteiger partial charge in [0.15, 0.2) is 5.58 Å². The Labute approximate surface area is 136 Å². The van der Waals surface area contributed by atoms with Crippen molar-refractivity contribution in [2.24, 2.45) is 0 Å². The third-order valence-corrected chi connectivity index (χ3v) is 3.74. The normalized spacial score (nSPS) is 10.9. The van der Waals surface area contributed by atoms with E-state index in [9.17, 15) is 4.79 Å². The second kappa shape index (κ2) is 5.62. The maximum Gasteiger partial charge on any atom is 0.292 e. The Kier molecular flexibility index (Phi) is 3.31. The third-order valence-electron chi connectivity index (χ3n) is 3.74. The van der Waals surface area contributed by atoms with Crippen LogP contribution in [0, 0.1) is 6.92 Å². The van der Waals surface area contributed by atoms with Gasteiger partial charge in [-0.1, -0.05) is 18.2 Å². The Morgan fingerprint density at radius 3 is 2.83 bits per heavy atom. The molecule has 4 rings (SSSR count). The number of aromatic amines is 1. The minimum atomic E-state index is -0.356. The molecule has 0 spiro atoms. The molecule has 7 heteroatoms. The van der Waals surface area contributed by atoms with Gasteiger partial charge >= 0.3 is 0 Å². The van der Waals surface area contributed by atoms with Crippen LogP contribution in [-0.2, 0) is 0 Å². The maximum atomic E-state index is 12.1. The molecule has 2 aromatic heterocycles. The zero-order valence-corrected chi connectivity index (χ0v) is 12.8. The summed E-state index contributed by atoms with van der Waals surface area (Å²) in [6.45, 7) is 1.90. The summed E-state index contributed by atoms with van der Waals surface area (Å²) in [5.41, 5.74) is 3.86.